The van der Waals surface area contributed by atoms with E-state index in [2.05, 4.69) is 6.92 Å². The summed E-state index contributed by atoms with van der Waals surface area (Å²) in [5, 5.41) is 0. The fourth-order valence-electron chi connectivity index (χ4n) is 4.09. The van der Waals surface area contributed by atoms with Gasteiger partial charge in [-0.3, -0.25) is 0 Å². The molecule has 94 valence electrons. The van der Waals surface area contributed by atoms with Crippen molar-refractivity contribution in [3.8, 4) is 0 Å². The smallest absolute Gasteiger partial charge is 0.00700 e. The van der Waals surface area contributed by atoms with Crippen LogP contribution in [0, 0.1) is 17.8 Å². The van der Waals surface area contributed by atoms with Gasteiger partial charge in [0.15, 0.2) is 0 Å². The Balaban J connectivity index is 1.89. The molecular formula is C15H29N. The maximum absolute atomic E-state index is 6.37. The van der Waals surface area contributed by atoms with Crippen molar-refractivity contribution in [2.24, 2.45) is 23.5 Å². The lowest BCUT2D eigenvalue weighted by Crippen LogP contribution is -2.40. The van der Waals surface area contributed by atoms with Crippen molar-refractivity contribution in [1.29, 1.82) is 0 Å². The predicted octanol–water partition coefficient (Wildman–Crippen LogP) is 4.11. The van der Waals surface area contributed by atoms with Gasteiger partial charge in [-0.2, -0.15) is 0 Å². The van der Waals surface area contributed by atoms with Crippen LogP contribution >= 0.6 is 0 Å². The molecule has 2 N–H and O–H groups in total. The molecule has 0 radical (unpaired) electrons. The number of rotatable bonds is 3. The lowest BCUT2D eigenvalue weighted by molar-refractivity contribution is 0.132. The molecule has 0 aromatic heterocycles. The molecule has 1 heteroatoms. The second-order valence-corrected chi connectivity index (χ2v) is 6.19. The van der Waals surface area contributed by atoms with Crippen LogP contribution in [0.5, 0.6) is 0 Å². The first-order valence-electron chi connectivity index (χ1n) is 7.56. The summed E-state index contributed by atoms with van der Waals surface area (Å²) < 4.78 is 0. The highest BCUT2D eigenvalue weighted by Crippen LogP contribution is 2.40. The molecule has 2 aliphatic carbocycles. The second-order valence-electron chi connectivity index (χ2n) is 6.19. The third-order valence-corrected chi connectivity index (χ3v) is 5.02. The van der Waals surface area contributed by atoms with Gasteiger partial charge in [-0.15, -0.1) is 0 Å². The van der Waals surface area contributed by atoms with Crippen molar-refractivity contribution < 1.29 is 0 Å². The van der Waals surface area contributed by atoms with Gasteiger partial charge in [0.2, 0.25) is 0 Å². The zero-order valence-corrected chi connectivity index (χ0v) is 11.0. The van der Waals surface area contributed by atoms with Crippen molar-refractivity contribution in [2.75, 3.05) is 0 Å². The molecule has 1 nitrogen and oxygen atoms in total. The first-order valence-corrected chi connectivity index (χ1v) is 7.56. The van der Waals surface area contributed by atoms with E-state index in [1.807, 2.05) is 0 Å². The molecule has 0 aliphatic heterocycles. The predicted molar refractivity (Wildman–Crippen MR) is 70.3 cm³/mol. The minimum absolute atomic E-state index is 0.524. The summed E-state index contributed by atoms with van der Waals surface area (Å²) >= 11 is 0. The van der Waals surface area contributed by atoms with E-state index < -0.39 is 0 Å². The molecule has 2 rings (SSSR count). The summed E-state index contributed by atoms with van der Waals surface area (Å²) in [4.78, 5) is 0. The molecule has 0 spiro atoms. The summed E-state index contributed by atoms with van der Waals surface area (Å²) in [5.74, 6) is 2.84. The van der Waals surface area contributed by atoms with Crippen LogP contribution in [0.3, 0.4) is 0 Å². The maximum atomic E-state index is 6.37. The number of nitrogens with two attached hydrogens (primary N) is 1. The Hall–Kier alpha value is -0.0400. The quantitative estimate of drug-likeness (QED) is 0.765. The van der Waals surface area contributed by atoms with E-state index in [0.29, 0.717) is 6.04 Å². The lowest BCUT2D eigenvalue weighted by atomic mass is 9.67. The zero-order chi connectivity index (χ0) is 11.4. The molecule has 16 heavy (non-hydrogen) atoms. The van der Waals surface area contributed by atoms with Crippen LogP contribution in [0.25, 0.3) is 0 Å². The van der Waals surface area contributed by atoms with E-state index >= 15 is 0 Å². The molecule has 0 saturated heterocycles. The standard InChI is InChI=1S/C15H29N/c1-2-6-12-9-10-15(16)14(11-12)13-7-4-3-5-8-13/h12-15H,2-11,16H2,1H3. The minimum Gasteiger partial charge on any atom is -0.327 e. The fourth-order valence-corrected chi connectivity index (χ4v) is 4.09. The third kappa shape index (κ3) is 3.00. The molecule has 2 saturated carbocycles. The molecule has 0 amide bonds. The van der Waals surface area contributed by atoms with Gasteiger partial charge in [0, 0.05) is 6.04 Å². The van der Waals surface area contributed by atoms with Crippen molar-refractivity contribution in [2.45, 2.75) is 77.2 Å². The van der Waals surface area contributed by atoms with Gasteiger partial charge in [-0.25, -0.2) is 0 Å². The number of hydrogen-bond acceptors (Lipinski definition) is 1. The lowest BCUT2D eigenvalue weighted by Gasteiger charge is -2.40. The fraction of sp³-hybridized carbons (Fsp3) is 1.00. The molecule has 0 aromatic carbocycles. The Bertz CT molecular complexity index is 196. The summed E-state index contributed by atoms with van der Waals surface area (Å²) in [7, 11) is 0. The van der Waals surface area contributed by atoms with Gasteiger partial charge in [0.05, 0.1) is 0 Å². The molecule has 0 heterocycles. The van der Waals surface area contributed by atoms with Gasteiger partial charge in [0.25, 0.3) is 0 Å². The minimum atomic E-state index is 0.524. The first-order chi connectivity index (χ1) is 7.81. The monoisotopic (exact) mass is 223 g/mol. The van der Waals surface area contributed by atoms with Crippen LogP contribution in [-0.4, -0.2) is 6.04 Å². The van der Waals surface area contributed by atoms with Crippen molar-refractivity contribution in [1.82, 2.24) is 0 Å². The Morgan fingerprint density at radius 2 is 1.75 bits per heavy atom. The van der Waals surface area contributed by atoms with E-state index in [9.17, 15) is 0 Å². The van der Waals surface area contributed by atoms with Crippen LogP contribution in [0.2, 0.25) is 0 Å². The highest BCUT2D eigenvalue weighted by molar-refractivity contribution is 4.87. The van der Waals surface area contributed by atoms with Gasteiger partial charge in [-0.1, -0.05) is 51.9 Å². The van der Waals surface area contributed by atoms with Crippen LogP contribution in [0.1, 0.15) is 71.1 Å². The van der Waals surface area contributed by atoms with Crippen molar-refractivity contribution in [3.05, 3.63) is 0 Å². The Morgan fingerprint density at radius 1 is 1.00 bits per heavy atom. The molecule has 2 aliphatic rings. The first kappa shape index (κ1) is 12.4. The van der Waals surface area contributed by atoms with Gasteiger partial charge < -0.3 is 5.73 Å². The summed E-state index contributed by atoms with van der Waals surface area (Å²) in [6, 6.07) is 0.524. The molecular weight excluding hydrogens is 194 g/mol. The second kappa shape index (κ2) is 6.05. The molecule has 0 aromatic rings. The van der Waals surface area contributed by atoms with Crippen molar-refractivity contribution >= 4 is 0 Å². The summed E-state index contributed by atoms with van der Waals surface area (Å²) in [5.41, 5.74) is 6.37. The SMILES string of the molecule is CCCC1CCC(N)C(C2CCCCC2)C1. The Kier molecular flexibility index (Phi) is 4.69. The third-order valence-electron chi connectivity index (χ3n) is 5.02. The van der Waals surface area contributed by atoms with E-state index in [1.54, 1.807) is 0 Å². The van der Waals surface area contributed by atoms with Crippen LogP contribution < -0.4 is 5.73 Å². The van der Waals surface area contributed by atoms with E-state index in [0.717, 1.165) is 17.8 Å². The molecule has 3 atom stereocenters. The average molecular weight is 223 g/mol. The van der Waals surface area contributed by atoms with Crippen molar-refractivity contribution in [3.63, 3.8) is 0 Å². The Labute approximate surface area is 101 Å². The van der Waals surface area contributed by atoms with Crippen LogP contribution in [0.4, 0.5) is 0 Å². The van der Waals surface area contributed by atoms with Gasteiger partial charge >= 0.3 is 0 Å². The molecule has 0 bridgehead atoms. The highest BCUT2D eigenvalue weighted by atomic mass is 14.7. The zero-order valence-electron chi connectivity index (χ0n) is 11.0. The van der Waals surface area contributed by atoms with Gasteiger partial charge in [0.1, 0.15) is 0 Å². The van der Waals surface area contributed by atoms with E-state index in [-0.39, 0.29) is 0 Å². The average Bonchev–Trinajstić information content (AvgIpc) is 2.33. The van der Waals surface area contributed by atoms with Gasteiger partial charge in [-0.05, 0) is 37.0 Å². The maximum Gasteiger partial charge on any atom is 0.00700 e. The van der Waals surface area contributed by atoms with Crippen LogP contribution in [0.15, 0.2) is 0 Å². The molecule has 3 unspecified atom stereocenters. The summed E-state index contributed by atoms with van der Waals surface area (Å²) in [6.07, 6.45) is 14.3. The van der Waals surface area contributed by atoms with E-state index in [1.165, 1.54) is 64.2 Å². The summed E-state index contributed by atoms with van der Waals surface area (Å²) in [6.45, 7) is 2.32. The molecule has 2 fully saturated rings. The Morgan fingerprint density at radius 3 is 2.44 bits per heavy atom. The topological polar surface area (TPSA) is 26.0 Å². The van der Waals surface area contributed by atoms with E-state index in [4.69, 9.17) is 5.73 Å². The largest absolute Gasteiger partial charge is 0.327 e. The highest BCUT2D eigenvalue weighted by Gasteiger charge is 2.33. The number of hydrogen-bond donors (Lipinski definition) is 1. The van der Waals surface area contributed by atoms with Crippen LogP contribution in [-0.2, 0) is 0 Å². The normalized spacial score (nSPS) is 37.5.